The Hall–Kier alpha value is -3.28. The average molecular weight is 474 g/mol. The summed E-state index contributed by atoms with van der Waals surface area (Å²) in [6.07, 6.45) is 5.22. The van der Waals surface area contributed by atoms with Gasteiger partial charge in [0, 0.05) is 25.0 Å². The number of hydrogen-bond acceptors (Lipinski definition) is 4. The van der Waals surface area contributed by atoms with Gasteiger partial charge in [0.15, 0.2) is 5.78 Å². The predicted molar refractivity (Wildman–Crippen MR) is 137 cm³/mol. The molecule has 0 aliphatic rings. The normalized spacial score (nSPS) is 11.3. The summed E-state index contributed by atoms with van der Waals surface area (Å²) >= 11 is 0. The second-order valence-corrected chi connectivity index (χ2v) is 8.65. The van der Waals surface area contributed by atoms with Gasteiger partial charge in [-0.1, -0.05) is 104 Å². The molecule has 0 spiro atoms. The fourth-order valence-corrected chi connectivity index (χ4v) is 4.50. The van der Waals surface area contributed by atoms with Gasteiger partial charge in [-0.05, 0) is 36.5 Å². The Bertz CT molecular complexity index is 1010. The second kappa shape index (κ2) is 13.6. The molecule has 35 heavy (non-hydrogen) atoms. The van der Waals surface area contributed by atoms with Crippen molar-refractivity contribution < 1.29 is 19.5 Å². The fraction of sp³-hybridized carbons (Fsp3) is 0.333. The molecular weight excluding hydrogens is 438 g/mol. The quantitative estimate of drug-likeness (QED) is 0.0929. The summed E-state index contributed by atoms with van der Waals surface area (Å²) < 4.78 is 6.50. The van der Waals surface area contributed by atoms with E-state index in [-0.39, 0.29) is 11.7 Å². The van der Waals surface area contributed by atoms with E-state index in [1.54, 1.807) is 5.48 Å². The minimum atomic E-state index is -0.758. The molecule has 184 valence electrons. The summed E-state index contributed by atoms with van der Waals surface area (Å²) in [6.45, 7) is 2.54. The van der Waals surface area contributed by atoms with Crippen LogP contribution >= 0.6 is 0 Å². The van der Waals surface area contributed by atoms with Crippen molar-refractivity contribution in [3.63, 3.8) is 0 Å². The van der Waals surface area contributed by atoms with Crippen LogP contribution in [0.1, 0.15) is 78.9 Å². The Morgan fingerprint density at radius 1 is 0.714 bits per heavy atom. The molecule has 3 aromatic rings. The van der Waals surface area contributed by atoms with Gasteiger partial charge in [0.2, 0.25) is 5.91 Å². The number of carbonyl (C=O) groups excluding carboxylic acids is 2. The topological polar surface area (TPSA) is 75.6 Å². The second-order valence-electron chi connectivity index (χ2n) is 8.65. The van der Waals surface area contributed by atoms with E-state index in [0.717, 1.165) is 48.8 Å². The number of unbranched alkanes of at least 4 members (excludes halogenated alkanes) is 4. The first-order valence-corrected chi connectivity index (χ1v) is 12.4. The number of hydroxylamine groups is 1. The van der Waals surface area contributed by atoms with Crippen molar-refractivity contribution in [2.24, 2.45) is 0 Å². The lowest BCUT2D eigenvalue weighted by Gasteiger charge is -2.35. The van der Waals surface area contributed by atoms with Crippen molar-refractivity contribution in [1.82, 2.24) is 5.48 Å². The average Bonchev–Trinajstić information content (AvgIpc) is 2.92. The van der Waals surface area contributed by atoms with E-state index in [1.165, 1.54) is 0 Å². The fourth-order valence-electron chi connectivity index (χ4n) is 4.50. The molecule has 0 saturated carbocycles. The lowest BCUT2D eigenvalue weighted by molar-refractivity contribution is -0.129. The van der Waals surface area contributed by atoms with Crippen molar-refractivity contribution >= 4 is 11.7 Å². The third-order valence-electron chi connectivity index (χ3n) is 6.27. The van der Waals surface area contributed by atoms with Crippen LogP contribution in [0.15, 0.2) is 84.9 Å². The minimum Gasteiger partial charge on any atom is -0.361 e. The smallest absolute Gasteiger partial charge is 0.243 e. The largest absolute Gasteiger partial charge is 0.361 e. The lowest BCUT2D eigenvalue weighted by atomic mass is 9.79. The van der Waals surface area contributed by atoms with E-state index in [1.807, 2.05) is 67.6 Å². The van der Waals surface area contributed by atoms with Gasteiger partial charge >= 0.3 is 0 Å². The zero-order valence-electron chi connectivity index (χ0n) is 20.4. The van der Waals surface area contributed by atoms with Gasteiger partial charge in [-0.15, -0.1) is 0 Å². The molecule has 3 rings (SSSR count). The van der Waals surface area contributed by atoms with Crippen molar-refractivity contribution in [1.29, 1.82) is 0 Å². The number of ketones is 1. The molecule has 0 aliphatic carbocycles. The molecule has 0 atom stereocenters. The van der Waals surface area contributed by atoms with Crippen LogP contribution in [0.25, 0.3) is 0 Å². The Morgan fingerprint density at radius 2 is 1.20 bits per heavy atom. The molecule has 0 aromatic heterocycles. The number of carbonyl (C=O) groups is 2. The molecule has 2 N–H and O–H groups in total. The van der Waals surface area contributed by atoms with Gasteiger partial charge in [-0.2, -0.15) is 0 Å². The van der Waals surface area contributed by atoms with Gasteiger partial charge in [0.05, 0.1) is 0 Å². The number of ether oxygens (including phenoxy) is 1. The van der Waals surface area contributed by atoms with E-state index in [2.05, 4.69) is 24.3 Å². The molecule has 5 nitrogen and oxygen atoms in total. The minimum absolute atomic E-state index is 0.137. The molecule has 0 bridgehead atoms. The van der Waals surface area contributed by atoms with Crippen molar-refractivity contribution in [3.8, 4) is 0 Å². The molecule has 0 saturated heterocycles. The third kappa shape index (κ3) is 6.87. The Kier molecular flexibility index (Phi) is 10.2. The number of rotatable bonds is 14. The maximum atomic E-state index is 12.8. The first-order valence-electron chi connectivity index (χ1n) is 12.4. The maximum Gasteiger partial charge on any atom is 0.243 e. The first kappa shape index (κ1) is 26.3. The van der Waals surface area contributed by atoms with Gasteiger partial charge in [0.25, 0.3) is 0 Å². The van der Waals surface area contributed by atoms with Crippen LogP contribution in [-0.2, 0) is 15.1 Å². The van der Waals surface area contributed by atoms with Crippen LogP contribution in [0.4, 0.5) is 0 Å². The highest BCUT2D eigenvalue weighted by atomic mass is 16.5. The van der Waals surface area contributed by atoms with Crippen LogP contribution in [0.3, 0.4) is 0 Å². The van der Waals surface area contributed by atoms with E-state index >= 15 is 0 Å². The van der Waals surface area contributed by atoms with Gasteiger partial charge in [-0.3, -0.25) is 14.8 Å². The maximum absolute atomic E-state index is 12.8. The molecule has 0 heterocycles. The third-order valence-corrected chi connectivity index (χ3v) is 6.27. The van der Waals surface area contributed by atoms with E-state index < -0.39 is 5.60 Å². The van der Waals surface area contributed by atoms with Gasteiger partial charge < -0.3 is 4.74 Å². The Balaban J connectivity index is 1.70. The summed E-state index contributed by atoms with van der Waals surface area (Å²) in [6, 6.07) is 28.2. The Labute approximate surface area is 208 Å². The molecule has 3 aromatic carbocycles. The summed E-state index contributed by atoms with van der Waals surface area (Å²) in [5, 5.41) is 8.51. The highest BCUT2D eigenvalue weighted by molar-refractivity contribution is 5.96. The molecule has 0 fully saturated rings. The zero-order valence-corrected chi connectivity index (χ0v) is 20.4. The summed E-state index contributed by atoms with van der Waals surface area (Å²) in [5.74, 6) is -0.214. The van der Waals surface area contributed by atoms with E-state index in [4.69, 9.17) is 9.94 Å². The molecule has 0 radical (unpaired) electrons. The number of Topliss-reactive ketones (excluding diaryl/α,β-unsaturated/α-hetero) is 1. The van der Waals surface area contributed by atoms with Crippen molar-refractivity contribution in [2.75, 3.05) is 6.61 Å². The van der Waals surface area contributed by atoms with Crippen LogP contribution in [-0.4, -0.2) is 23.5 Å². The number of amides is 1. The monoisotopic (exact) mass is 473 g/mol. The number of hydrogen-bond donors (Lipinski definition) is 2. The first-order chi connectivity index (χ1) is 17.1. The van der Waals surface area contributed by atoms with Gasteiger partial charge in [-0.25, -0.2) is 5.48 Å². The van der Waals surface area contributed by atoms with Crippen LogP contribution in [0.2, 0.25) is 0 Å². The SMILES string of the molecule is CCOC(c1ccccc1)(c1ccccc1)c1ccc(C(=O)CCCCCCCC(=O)NO)cc1. The predicted octanol–water partition coefficient (Wildman–Crippen LogP) is 6.43. The molecule has 5 heteroatoms. The van der Waals surface area contributed by atoms with Crippen molar-refractivity contribution in [3.05, 3.63) is 107 Å². The summed E-state index contributed by atoms with van der Waals surface area (Å²) in [5.41, 5.74) is 4.67. The highest BCUT2D eigenvalue weighted by Gasteiger charge is 2.37. The highest BCUT2D eigenvalue weighted by Crippen LogP contribution is 2.40. The van der Waals surface area contributed by atoms with Crippen LogP contribution in [0, 0.1) is 0 Å². The molecule has 0 aliphatic heterocycles. The Morgan fingerprint density at radius 3 is 1.71 bits per heavy atom. The van der Waals surface area contributed by atoms with Crippen LogP contribution in [0.5, 0.6) is 0 Å². The van der Waals surface area contributed by atoms with Crippen LogP contribution < -0.4 is 5.48 Å². The zero-order chi connectivity index (χ0) is 24.9. The summed E-state index contributed by atoms with van der Waals surface area (Å²) in [7, 11) is 0. The van der Waals surface area contributed by atoms with E-state index in [9.17, 15) is 9.59 Å². The summed E-state index contributed by atoms with van der Waals surface area (Å²) in [4.78, 5) is 23.8. The molecule has 0 unspecified atom stereocenters. The molecule has 1 amide bonds. The van der Waals surface area contributed by atoms with Gasteiger partial charge in [0.1, 0.15) is 5.60 Å². The van der Waals surface area contributed by atoms with E-state index in [0.29, 0.717) is 25.0 Å². The lowest BCUT2D eigenvalue weighted by Crippen LogP contribution is -2.33. The van der Waals surface area contributed by atoms with Crippen molar-refractivity contribution in [2.45, 2.75) is 57.5 Å². The standard InChI is InChI=1S/C30H35NO4/c1-2-35-30(25-14-8-6-9-15-25,26-16-10-7-11-17-26)27-22-20-24(21-23-27)28(32)18-12-4-3-5-13-19-29(33)31-34/h6-11,14-17,20-23,34H,2-5,12-13,18-19H2,1H3,(H,31,33). The number of benzene rings is 3. The number of nitrogens with one attached hydrogen (secondary N) is 1. The molecular formula is C30H35NO4.